The van der Waals surface area contributed by atoms with E-state index in [1.54, 1.807) is 30.3 Å². The summed E-state index contributed by atoms with van der Waals surface area (Å²) in [6.45, 7) is 1.63. The molecular weight excluding hydrogens is 553 g/mol. The molecule has 3 heterocycles. The molecule has 2 aliphatic heterocycles. The molecule has 0 bridgehead atoms. The molecule has 2 N–H and O–H groups in total. The van der Waals surface area contributed by atoms with Gasteiger partial charge in [-0.25, -0.2) is 9.29 Å². The van der Waals surface area contributed by atoms with Crippen molar-refractivity contribution in [1.29, 1.82) is 0 Å². The second-order valence-corrected chi connectivity index (χ2v) is 11.7. The normalized spacial score (nSPS) is 19.8. The number of carbonyl (C=O) groups is 3. The molecule has 4 aromatic rings. The molecule has 1 fully saturated rings. The Kier molecular flexibility index (Phi) is 6.77. The van der Waals surface area contributed by atoms with E-state index in [0.717, 1.165) is 16.9 Å². The average molecular weight is 576 g/mol. The fraction of sp³-hybridized carbons (Fsp3) is 0.172. The minimum Gasteiger partial charge on any atom is -0.484 e. The van der Waals surface area contributed by atoms with Gasteiger partial charge in [0.2, 0.25) is 11.8 Å². The molecule has 0 aliphatic carbocycles. The Morgan fingerprint density at radius 2 is 1.77 bits per heavy atom. The minimum absolute atomic E-state index is 0.261. The third kappa shape index (κ3) is 4.82. The number of hydrogen-bond donors (Lipinski definition) is 2. The molecule has 1 aromatic heterocycles. The largest absolute Gasteiger partial charge is 0.484 e. The van der Waals surface area contributed by atoms with Crippen molar-refractivity contribution in [3.05, 3.63) is 104 Å². The number of imide groups is 1. The van der Waals surface area contributed by atoms with Crippen LogP contribution < -0.4 is 19.8 Å². The Morgan fingerprint density at radius 3 is 2.52 bits per heavy atom. The number of amides is 3. The van der Waals surface area contributed by atoms with Gasteiger partial charge in [0.25, 0.3) is 5.91 Å². The van der Waals surface area contributed by atoms with Crippen LogP contribution in [0.25, 0.3) is 0 Å². The molecule has 3 atom stereocenters. The minimum atomic E-state index is -0.727. The molecule has 0 spiro atoms. The van der Waals surface area contributed by atoms with E-state index in [2.05, 4.69) is 10.3 Å². The molecule has 11 heteroatoms. The lowest BCUT2D eigenvalue weighted by molar-refractivity contribution is -0.122. The summed E-state index contributed by atoms with van der Waals surface area (Å²) in [6.07, 6.45) is 0. The number of rotatable bonds is 6. The van der Waals surface area contributed by atoms with Crippen LogP contribution in [0.15, 0.2) is 82.6 Å². The van der Waals surface area contributed by atoms with E-state index in [1.165, 1.54) is 40.9 Å². The summed E-state index contributed by atoms with van der Waals surface area (Å²) in [7, 11) is 0. The van der Waals surface area contributed by atoms with Crippen molar-refractivity contribution in [3.63, 3.8) is 0 Å². The third-order valence-corrected chi connectivity index (χ3v) is 9.23. The monoisotopic (exact) mass is 575 g/mol. The van der Waals surface area contributed by atoms with Gasteiger partial charge in [0.15, 0.2) is 6.61 Å². The number of aryl methyl sites for hydroxylation is 1. The number of hydrogen-bond acceptors (Lipinski definition) is 7. The lowest BCUT2D eigenvalue weighted by Gasteiger charge is -2.30. The molecule has 2 aliphatic rings. The second kappa shape index (κ2) is 10.4. The second-order valence-electron chi connectivity index (χ2n) is 9.51. The number of ether oxygens (including phenoxy) is 1. The topological polar surface area (TPSA) is 109 Å². The maximum atomic E-state index is 13.8. The fourth-order valence-electron chi connectivity index (χ4n) is 5.00. The summed E-state index contributed by atoms with van der Waals surface area (Å²) in [5, 5.41) is 2.52. The van der Waals surface area contributed by atoms with E-state index in [9.17, 15) is 23.6 Å². The first-order chi connectivity index (χ1) is 19.3. The van der Waals surface area contributed by atoms with Gasteiger partial charge >= 0.3 is 4.87 Å². The van der Waals surface area contributed by atoms with Crippen molar-refractivity contribution >= 4 is 52.2 Å². The summed E-state index contributed by atoms with van der Waals surface area (Å²) in [5.41, 5.74) is 2.65. The number of nitrogens with one attached hydrogen (secondary N) is 2. The zero-order valence-electron chi connectivity index (χ0n) is 21.1. The van der Waals surface area contributed by atoms with E-state index in [1.807, 2.05) is 25.1 Å². The number of aromatic nitrogens is 1. The number of nitrogens with zero attached hydrogens (tertiary/aromatic N) is 1. The van der Waals surface area contributed by atoms with Crippen LogP contribution in [0.2, 0.25) is 0 Å². The molecule has 202 valence electrons. The summed E-state index contributed by atoms with van der Waals surface area (Å²) < 4.78 is 18.9. The predicted octanol–water partition coefficient (Wildman–Crippen LogP) is 4.70. The number of aromatic amines is 1. The first kappa shape index (κ1) is 26.0. The Morgan fingerprint density at radius 1 is 1.02 bits per heavy atom. The third-order valence-electron chi connectivity index (χ3n) is 6.83. The van der Waals surface area contributed by atoms with E-state index >= 15 is 0 Å². The van der Waals surface area contributed by atoms with Crippen molar-refractivity contribution in [3.8, 4) is 5.75 Å². The number of thiazole rings is 1. The van der Waals surface area contributed by atoms with Crippen LogP contribution in [0, 0.1) is 18.7 Å². The summed E-state index contributed by atoms with van der Waals surface area (Å²) in [6, 6.07) is 19.6. The highest BCUT2D eigenvalue weighted by Crippen LogP contribution is 2.53. The maximum Gasteiger partial charge on any atom is 0.305 e. The van der Waals surface area contributed by atoms with Crippen molar-refractivity contribution in [2.45, 2.75) is 23.1 Å². The molecular formula is C29H22FN3O5S2. The van der Waals surface area contributed by atoms with Crippen LogP contribution in [0.4, 0.5) is 15.8 Å². The van der Waals surface area contributed by atoms with E-state index < -0.39 is 28.8 Å². The quantitative estimate of drug-likeness (QED) is 0.323. The lowest BCUT2D eigenvalue weighted by Crippen LogP contribution is -2.32. The van der Waals surface area contributed by atoms with Crippen LogP contribution in [0.1, 0.15) is 21.9 Å². The maximum absolute atomic E-state index is 13.8. The molecule has 3 aromatic carbocycles. The van der Waals surface area contributed by atoms with Crippen molar-refractivity contribution < 1.29 is 23.5 Å². The zero-order valence-corrected chi connectivity index (χ0v) is 22.7. The first-order valence-electron chi connectivity index (χ1n) is 12.4. The molecule has 40 heavy (non-hydrogen) atoms. The smallest absolute Gasteiger partial charge is 0.305 e. The van der Waals surface area contributed by atoms with Gasteiger partial charge in [-0.3, -0.25) is 19.2 Å². The average Bonchev–Trinajstić information content (AvgIpc) is 3.43. The Labute approximate surface area is 236 Å². The number of halogens is 1. The standard InChI is InChI=1S/C29H22FN3O5S2/c1-15-5-11-19(12-6-15)33-27(35)23-22(24-26(32-29(37)40-24)39-25(23)28(33)36)16-3-2-4-20(13-16)38-14-21(34)31-18-9-7-17(30)8-10-18/h2-13,22-23,25H,14H2,1H3,(H,31,34)(H,32,37)/t22-,23?,25?/m1/s1. The molecule has 1 saturated heterocycles. The Hall–Kier alpha value is -4.22. The number of benzene rings is 3. The number of H-pyrrole nitrogens is 1. The fourth-order valence-corrected chi connectivity index (χ4v) is 7.52. The van der Waals surface area contributed by atoms with Gasteiger partial charge in [-0.2, -0.15) is 0 Å². The number of fused-ring (bicyclic) bond motifs is 2. The van der Waals surface area contributed by atoms with Gasteiger partial charge in [0.05, 0.1) is 16.6 Å². The highest BCUT2D eigenvalue weighted by molar-refractivity contribution is 8.00. The molecule has 3 amide bonds. The van der Waals surface area contributed by atoms with Crippen molar-refractivity contribution in [2.75, 3.05) is 16.8 Å². The highest BCUT2D eigenvalue weighted by Gasteiger charge is 2.56. The van der Waals surface area contributed by atoms with Gasteiger partial charge < -0.3 is 15.0 Å². The highest BCUT2D eigenvalue weighted by atomic mass is 32.2. The molecule has 0 saturated carbocycles. The van der Waals surface area contributed by atoms with Crippen molar-refractivity contribution in [1.82, 2.24) is 4.98 Å². The van der Waals surface area contributed by atoms with Gasteiger partial charge in [0.1, 0.15) is 16.8 Å². The van der Waals surface area contributed by atoms with Crippen LogP contribution in [0.5, 0.6) is 5.75 Å². The predicted molar refractivity (Wildman–Crippen MR) is 151 cm³/mol. The van der Waals surface area contributed by atoms with E-state index in [4.69, 9.17) is 4.74 Å². The van der Waals surface area contributed by atoms with Crippen LogP contribution in [0.3, 0.4) is 0 Å². The van der Waals surface area contributed by atoms with Crippen LogP contribution in [-0.2, 0) is 14.4 Å². The molecule has 8 nitrogen and oxygen atoms in total. The first-order valence-corrected chi connectivity index (χ1v) is 14.1. The van der Waals surface area contributed by atoms with E-state index in [0.29, 0.717) is 32.6 Å². The molecule has 6 rings (SSSR count). The summed E-state index contributed by atoms with van der Waals surface area (Å²) >= 11 is 2.24. The molecule has 2 unspecified atom stereocenters. The Balaban J connectivity index is 1.28. The van der Waals surface area contributed by atoms with Crippen molar-refractivity contribution in [2.24, 2.45) is 5.92 Å². The van der Waals surface area contributed by atoms with Gasteiger partial charge in [-0.05, 0) is 61.0 Å². The lowest BCUT2D eigenvalue weighted by atomic mass is 9.83. The summed E-state index contributed by atoms with van der Waals surface area (Å²) in [5.74, 6) is -2.39. The molecule has 0 radical (unpaired) electrons. The van der Waals surface area contributed by atoms with Crippen LogP contribution in [-0.4, -0.2) is 34.6 Å². The van der Waals surface area contributed by atoms with Gasteiger partial charge in [-0.1, -0.05) is 52.9 Å². The van der Waals surface area contributed by atoms with Crippen LogP contribution >= 0.6 is 23.1 Å². The number of anilines is 2. The number of carbonyl (C=O) groups excluding carboxylic acids is 3. The Bertz CT molecular complexity index is 1680. The zero-order chi connectivity index (χ0) is 28.0. The number of thioether (sulfide) groups is 1. The van der Waals surface area contributed by atoms with Gasteiger partial charge in [0, 0.05) is 16.5 Å². The van der Waals surface area contributed by atoms with E-state index in [-0.39, 0.29) is 23.3 Å². The SMILES string of the molecule is Cc1ccc(N2C(=O)C3Sc4[nH]c(=O)sc4[C@H](c4cccc(OCC(=O)Nc5ccc(F)cc5)c4)C3C2=O)cc1. The summed E-state index contributed by atoms with van der Waals surface area (Å²) in [4.78, 5) is 56.6. The van der Waals surface area contributed by atoms with Gasteiger partial charge in [-0.15, -0.1) is 0 Å².